The Balaban J connectivity index is 2.03. The second-order valence-electron chi connectivity index (χ2n) is 5.51. The molecule has 2 heterocycles. The van der Waals surface area contributed by atoms with Gasteiger partial charge in [0.1, 0.15) is 0 Å². The van der Waals surface area contributed by atoms with Gasteiger partial charge in [-0.05, 0) is 35.9 Å². The molecule has 0 radical (unpaired) electrons. The Kier molecular flexibility index (Phi) is 4.66. The van der Waals surface area contributed by atoms with Crippen molar-refractivity contribution in [3.63, 3.8) is 0 Å². The average molecular weight is 388 g/mol. The van der Waals surface area contributed by atoms with Crippen molar-refractivity contribution in [1.82, 2.24) is 4.57 Å². The fraction of sp³-hybridized carbons (Fsp3) is 0.0588. The zero-order chi connectivity index (χ0) is 19.0. The van der Waals surface area contributed by atoms with Crippen molar-refractivity contribution in [3.05, 3.63) is 58.3 Å². The van der Waals surface area contributed by atoms with E-state index in [1.54, 1.807) is 6.08 Å². The van der Waals surface area contributed by atoms with E-state index in [4.69, 9.17) is 12.2 Å². The Morgan fingerprint density at radius 3 is 2.27 bits per heavy atom. The summed E-state index contributed by atoms with van der Waals surface area (Å²) in [4.78, 5) is 36.8. The minimum atomic E-state index is -1.29. The highest BCUT2D eigenvalue weighted by Crippen LogP contribution is 2.36. The molecule has 0 saturated carbocycles. The third-order valence-electron chi connectivity index (χ3n) is 3.62. The standard InChI is InChI=1S/C17H12N2O5S2/c1-18-3-2-9(8-18)4-13-14(20)19(17(25)26-13)12-6-10(15(21)22)5-11(7-12)16(23)24/h2-8H,1H3,(H,21,22)(H,23,24). The molecule has 0 aliphatic carbocycles. The maximum atomic E-state index is 12.7. The molecular formula is C17H12N2O5S2. The molecule has 0 spiro atoms. The summed E-state index contributed by atoms with van der Waals surface area (Å²) >= 11 is 6.32. The van der Waals surface area contributed by atoms with E-state index in [9.17, 15) is 24.6 Å². The number of aromatic carboxylic acids is 2. The fourth-order valence-electron chi connectivity index (χ4n) is 2.44. The molecule has 9 heteroatoms. The first-order valence-corrected chi connectivity index (χ1v) is 8.50. The van der Waals surface area contributed by atoms with Gasteiger partial charge in [-0.2, -0.15) is 0 Å². The third kappa shape index (κ3) is 3.39. The number of anilines is 1. The van der Waals surface area contributed by atoms with Gasteiger partial charge in [0.2, 0.25) is 0 Å². The molecule has 0 bridgehead atoms. The number of thioether (sulfide) groups is 1. The van der Waals surface area contributed by atoms with Crippen LogP contribution < -0.4 is 4.90 Å². The number of benzene rings is 1. The molecule has 0 atom stereocenters. The Hall–Kier alpha value is -2.91. The SMILES string of the molecule is Cn1ccc(C=C2SC(=S)N(c3cc(C(=O)O)cc(C(=O)O)c3)C2=O)c1. The third-order valence-corrected chi connectivity index (χ3v) is 4.92. The second-order valence-corrected chi connectivity index (χ2v) is 7.18. The first-order chi connectivity index (χ1) is 12.3. The summed E-state index contributed by atoms with van der Waals surface area (Å²) in [6.45, 7) is 0. The number of amides is 1. The van der Waals surface area contributed by atoms with Crippen LogP contribution in [0.3, 0.4) is 0 Å². The summed E-state index contributed by atoms with van der Waals surface area (Å²) < 4.78 is 2.04. The summed E-state index contributed by atoms with van der Waals surface area (Å²) in [6, 6.07) is 5.32. The highest BCUT2D eigenvalue weighted by molar-refractivity contribution is 8.27. The van der Waals surface area contributed by atoms with Crippen molar-refractivity contribution in [2.24, 2.45) is 7.05 Å². The van der Waals surface area contributed by atoms with Crippen LogP contribution in [0, 0.1) is 0 Å². The van der Waals surface area contributed by atoms with Crippen LogP contribution in [0.1, 0.15) is 26.3 Å². The summed E-state index contributed by atoms with van der Waals surface area (Å²) in [5.74, 6) is -3.01. The van der Waals surface area contributed by atoms with Crippen LogP contribution in [0.5, 0.6) is 0 Å². The van der Waals surface area contributed by atoms with Crippen LogP contribution in [0.15, 0.2) is 41.6 Å². The van der Waals surface area contributed by atoms with Crippen molar-refractivity contribution in [2.75, 3.05) is 4.90 Å². The molecule has 2 aromatic rings. The maximum Gasteiger partial charge on any atom is 0.335 e. The fourth-order valence-corrected chi connectivity index (χ4v) is 3.74. The number of nitrogens with zero attached hydrogens (tertiary/aromatic N) is 2. The van der Waals surface area contributed by atoms with Crippen molar-refractivity contribution in [2.45, 2.75) is 0 Å². The molecule has 7 nitrogen and oxygen atoms in total. The average Bonchev–Trinajstić information content (AvgIpc) is 3.10. The van der Waals surface area contributed by atoms with E-state index >= 15 is 0 Å². The molecule has 1 amide bonds. The molecule has 1 aliphatic heterocycles. The molecular weight excluding hydrogens is 376 g/mol. The van der Waals surface area contributed by atoms with E-state index in [1.165, 1.54) is 12.1 Å². The van der Waals surface area contributed by atoms with Gasteiger partial charge in [0.05, 0.1) is 21.7 Å². The molecule has 1 aromatic heterocycles. The first-order valence-electron chi connectivity index (χ1n) is 7.28. The molecule has 1 aromatic carbocycles. The van der Waals surface area contributed by atoms with Crippen molar-refractivity contribution >= 4 is 57.9 Å². The molecule has 1 saturated heterocycles. The van der Waals surface area contributed by atoms with Crippen LogP contribution in [-0.2, 0) is 11.8 Å². The van der Waals surface area contributed by atoms with Gasteiger partial charge in [-0.15, -0.1) is 0 Å². The van der Waals surface area contributed by atoms with Crippen molar-refractivity contribution in [3.8, 4) is 0 Å². The van der Waals surface area contributed by atoms with Gasteiger partial charge in [0, 0.05) is 19.4 Å². The first kappa shape index (κ1) is 17.9. The summed E-state index contributed by atoms with van der Waals surface area (Å²) in [5.41, 5.74) is 0.460. The molecule has 2 N–H and O–H groups in total. The lowest BCUT2D eigenvalue weighted by Crippen LogP contribution is -2.28. The van der Waals surface area contributed by atoms with Crippen LogP contribution in [0.25, 0.3) is 6.08 Å². The van der Waals surface area contributed by atoms with E-state index < -0.39 is 17.8 Å². The van der Waals surface area contributed by atoms with E-state index in [-0.39, 0.29) is 21.1 Å². The number of aryl methyl sites for hydroxylation is 1. The van der Waals surface area contributed by atoms with Gasteiger partial charge >= 0.3 is 11.9 Å². The number of carboxylic acid groups (broad SMARTS) is 2. The van der Waals surface area contributed by atoms with Gasteiger partial charge in [0.15, 0.2) is 4.32 Å². The van der Waals surface area contributed by atoms with E-state index in [1.807, 2.05) is 30.1 Å². The highest BCUT2D eigenvalue weighted by atomic mass is 32.2. The number of carbonyl (C=O) groups is 3. The van der Waals surface area contributed by atoms with E-state index in [0.717, 1.165) is 28.3 Å². The second kappa shape index (κ2) is 6.77. The highest BCUT2D eigenvalue weighted by Gasteiger charge is 2.34. The Morgan fingerprint density at radius 1 is 1.15 bits per heavy atom. The Morgan fingerprint density at radius 2 is 1.77 bits per heavy atom. The summed E-state index contributed by atoms with van der Waals surface area (Å²) in [6.07, 6.45) is 5.35. The predicted octanol–water partition coefficient (Wildman–Crippen LogP) is 2.83. The minimum absolute atomic E-state index is 0.112. The van der Waals surface area contributed by atoms with Crippen LogP contribution in [0.2, 0.25) is 0 Å². The molecule has 1 fully saturated rings. The zero-order valence-electron chi connectivity index (χ0n) is 13.4. The van der Waals surface area contributed by atoms with Gasteiger partial charge in [0.25, 0.3) is 5.91 Å². The topological polar surface area (TPSA) is 99.8 Å². The lowest BCUT2D eigenvalue weighted by atomic mass is 10.1. The number of carbonyl (C=O) groups excluding carboxylic acids is 1. The van der Waals surface area contributed by atoms with Gasteiger partial charge < -0.3 is 14.8 Å². The monoisotopic (exact) mass is 388 g/mol. The summed E-state index contributed by atoms with van der Waals surface area (Å²) in [5, 5.41) is 18.4. The molecule has 132 valence electrons. The number of carboxylic acids is 2. The largest absolute Gasteiger partial charge is 0.478 e. The lowest BCUT2D eigenvalue weighted by Gasteiger charge is -2.16. The normalized spacial score (nSPS) is 15.7. The van der Waals surface area contributed by atoms with Crippen LogP contribution in [0.4, 0.5) is 5.69 Å². The van der Waals surface area contributed by atoms with E-state index in [2.05, 4.69) is 0 Å². The van der Waals surface area contributed by atoms with Gasteiger partial charge in [-0.25, -0.2) is 9.59 Å². The zero-order valence-corrected chi connectivity index (χ0v) is 15.0. The predicted molar refractivity (Wildman–Crippen MR) is 101 cm³/mol. The number of hydrogen-bond acceptors (Lipinski definition) is 5. The molecule has 26 heavy (non-hydrogen) atoms. The quantitative estimate of drug-likeness (QED) is 0.614. The van der Waals surface area contributed by atoms with Crippen LogP contribution >= 0.6 is 24.0 Å². The minimum Gasteiger partial charge on any atom is -0.478 e. The number of thiocarbonyl (C=S) groups is 1. The lowest BCUT2D eigenvalue weighted by molar-refractivity contribution is -0.113. The molecule has 3 rings (SSSR count). The number of rotatable bonds is 4. The maximum absolute atomic E-state index is 12.7. The number of hydrogen-bond donors (Lipinski definition) is 2. The van der Waals surface area contributed by atoms with Crippen LogP contribution in [-0.4, -0.2) is 36.9 Å². The smallest absolute Gasteiger partial charge is 0.335 e. The van der Waals surface area contributed by atoms with Gasteiger partial charge in [-0.1, -0.05) is 24.0 Å². The van der Waals surface area contributed by atoms with Crippen molar-refractivity contribution in [1.29, 1.82) is 0 Å². The molecule has 0 unspecified atom stereocenters. The van der Waals surface area contributed by atoms with Gasteiger partial charge in [-0.3, -0.25) is 9.69 Å². The number of aromatic nitrogens is 1. The van der Waals surface area contributed by atoms with E-state index in [0.29, 0.717) is 4.91 Å². The Labute approximate surface area is 157 Å². The van der Waals surface area contributed by atoms with Crippen molar-refractivity contribution < 1.29 is 24.6 Å². The summed E-state index contributed by atoms with van der Waals surface area (Å²) in [7, 11) is 1.85. The molecule has 1 aliphatic rings. The Bertz CT molecular complexity index is 961.